The van der Waals surface area contributed by atoms with E-state index in [1.807, 2.05) is 4.90 Å². The Bertz CT molecular complexity index is 1020. The van der Waals surface area contributed by atoms with E-state index < -0.39 is 0 Å². The molecule has 1 aliphatic carbocycles. The van der Waals surface area contributed by atoms with Crippen molar-refractivity contribution in [1.29, 1.82) is 0 Å². The molecule has 138 valence electrons. The van der Waals surface area contributed by atoms with Gasteiger partial charge in [0.25, 0.3) is 5.91 Å². The first kappa shape index (κ1) is 16.5. The molecular weight excluding hydrogens is 360 g/mol. The topological polar surface area (TPSA) is 69.6 Å². The van der Waals surface area contributed by atoms with Crippen LogP contribution in [-0.4, -0.2) is 52.1 Å². The third-order valence-corrected chi connectivity index (χ3v) is 6.68. The number of thiophene rings is 1. The second-order valence-corrected chi connectivity index (χ2v) is 8.11. The average Bonchev–Trinajstić information content (AvgIpc) is 3.29. The first-order valence-electron chi connectivity index (χ1n) is 9.30. The zero-order valence-electron chi connectivity index (χ0n) is 14.9. The van der Waals surface area contributed by atoms with Crippen molar-refractivity contribution in [2.75, 3.05) is 31.1 Å². The molecule has 7 heteroatoms. The van der Waals surface area contributed by atoms with Crippen LogP contribution >= 0.6 is 11.3 Å². The summed E-state index contributed by atoms with van der Waals surface area (Å²) in [5, 5.41) is 11.2. The van der Waals surface area contributed by atoms with Crippen LogP contribution < -0.4 is 4.90 Å². The van der Waals surface area contributed by atoms with E-state index in [1.54, 1.807) is 41.9 Å². The number of nitrogens with zero attached hydrogens (tertiary/aromatic N) is 4. The van der Waals surface area contributed by atoms with Gasteiger partial charge in [0, 0.05) is 31.1 Å². The van der Waals surface area contributed by atoms with E-state index in [-0.39, 0.29) is 11.7 Å². The summed E-state index contributed by atoms with van der Waals surface area (Å²) < 4.78 is 0. The maximum Gasteiger partial charge on any atom is 0.257 e. The van der Waals surface area contributed by atoms with Crippen LogP contribution in [0.2, 0.25) is 0 Å². The van der Waals surface area contributed by atoms with E-state index >= 15 is 0 Å². The molecule has 2 aromatic heterocycles. The summed E-state index contributed by atoms with van der Waals surface area (Å²) in [6, 6.07) is 6.73. The van der Waals surface area contributed by atoms with Crippen LogP contribution in [0.5, 0.6) is 5.75 Å². The highest BCUT2D eigenvalue weighted by atomic mass is 32.1. The number of anilines is 1. The van der Waals surface area contributed by atoms with E-state index in [0.717, 1.165) is 36.6 Å². The van der Waals surface area contributed by atoms with E-state index in [9.17, 15) is 9.90 Å². The number of aromatic nitrogens is 2. The SMILES string of the molecule is O=C(c1ccccc1O)N1CCN(c2ncnc3sc4c(c23)CCC4)CC1. The molecule has 1 aromatic carbocycles. The lowest BCUT2D eigenvalue weighted by molar-refractivity contribution is 0.0743. The fourth-order valence-electron chi connectivity index (χ4n) is 4.10. The number of phenols is 1. The predicted molar refractivity (Wildman–Crippen MR) is 106 cm³/mol. The van der Waals surface area contributed by atoms with Gasteiger partial charge >= 0.3 is 0 Å². The first-order valence-corrected chi connectivity index (χ1v) is 10.1. The molecule has 0 radical (unpaired) electrons. The van der Waals surface area contributed by atoms with Gasteiger partial charge in [-0.05, 0) is 37.0 Å². The van der Waals surface area contributed by atoms with Gasteiger partial charge in [-0.15, -0.1) is 11.3 Å². The van der Waals surface area contributed by atoms with Gasteiger partial charge < -0.3 is 14.9 Å². The number of carbonyl (C=O) groups excluding carboxylic acids is 1. The summed E-state index contributed by atoms with van der Waals surface area (Å²) >= 11 is 1.80. The van der Waals surface area contributed by atoms with E-state index in [1.165, 1.54) is 22.2 Å². The maximum atomic E-state index is 12.7. The Morgan fingerprint density at radius 3 is 2.70 bits per heavy atom. The van der Waals surface area contributed by atoms with Gasteiger partial charge in [0.2, 0.25) is 0 Å². The molecular formula is C20H20N4O2S. The van der Waals surface area contributed by atoms with Crippen LogP contribution in [0.3, 0.4) is 0 Å². The molecule has 1 N–H and O–H groups in total. The van der Waals surface area contributed by atoms with Crippen molar-refractivity contribution in [2.45, 2.75) is 19.3 Å². The highest BCUT2D eigenvalue weighted by Gasteiger charge is 2.28. The van der Waals surface area contributed by atoms with Gasteiger partial charge in [0.05, 0.1) is 10.9 Å². The maximum absolute atomic E-state index is 12.7. The number of aromatic hydroxyl groups is 1. The van der Waals surface area contributed by atoms with Crippen LogP contribution in [0.1, 0.15) is 27.2 Å². The number of hydrogen-bond donors (Lipinski definition) is 1. The third kappa shape index (κ3) is 2.73. The Hall–Kier alpha value is -2.67. The Labute approximate surface area is 161 Å². The predicted octanol–water partition coefficient (Wildman–Crippen LogP) is 2.85. The van der Waals surface area contributed by atoms with Gasteiger partial charge in [0.1, 0.15) is 22.7 Å². The monoisotopic (exact) mass is 380 g/mol. The van der Waals surface area contributed by atoms with Crippen LogP contribution in [0.15, 0.2) is 30.6 Å². The number of amides is 1. The fourth-order valence-corrected chi connectivity index (χ4v) is 5.32. The molecule has 5 rings (SSSR count). The van der Waals surface area contributed by atoms with Gasteiger partial charge in [0.15, 0.2) is 0 Å². The Morgan fingerprint density at radius 1 is 1.07 bits per heavy atom. The minimum absolute atomic E-state index is 0.0382. The highest BCUT2D eigenvalue weighted by Crippen LogP contribution is 2.40. The lowest BCUT2D eigenvalue weighted by Gasteiger charge is -2.35. The zero-order chi connectivity index (χ0) is 18.4. The number of para-hydroxylation sites is 1. The number of rotatable bonds is 2. The largest absolute Gasteiger partial charge is 0.507 e. The number of hydrogen-bond acceptors (Lipinski definition) is 6. The number of aryl methyl sites for hydroxylation is 2. The molecule has 3 heterocycles. The van der Waals surface area contributed by atoms with Crippen LogP contribution in [0.25, 0.3) is 10.2 Å². The fraction of sp³-hybridized carbons (Fsp3) is 0.350. The summed E-state index contributed by atoms with van der Waals surface area (Å²) in [6.45, 7) is 2.70. The zero-order valence-corrected chi connectivity index (χ0v) is 15.7. The summed E-state index contributed by atoms with van der Waals surface area (Å²) in [7, 11) is 0. The molecule has 0 saturated carbocycles. The summed E-state index contributed by atoms with van der Waals surface area (Å²) in [5.41, 5.74) is 1.80. The number of fused-ring (bicyclic) bond motifs is 3. The first-order chi connectivity index (χ1) is 13.2. The molecule has 0 unspecified atom stereocenters. The molecule has 1 fully saturated rings. The van der Waals surface area contributed by atoms with Crippen LogP contribution in [-0.2, 0) is 12.8 Å². The lowest BCUT2D eigenvalue weighted by atomic mass is 10.1. The molecule has 0 bridgehead atoms. The number of benzene rings is 1. The van der Waals surface area contributed by atoms with Gasteiger partial charge in [-0.2, -0.15) is 0 Å². The van der Waals surface area contributed by atoms with Crippen LogP contribution in [0, 0.1) is 0 Å². The van der Waals surface area contributed by atoms with Gasteiger partial charge in [-0.1, -0.05) is 12.1 Å². The van der Waals surface area contributed by atoms with Crippen molar-refractivity contribution in [3.63, 3.8) is 0 Å². The van der Waals surface area contributed by atoms with Crippen molar-refractivity contribution < 1.29 is 9.90 Å². The third-order valence-electron chi connectivity index (χ3n) is 5.48. The van der Waals surface area contributed by atoms with Gasteiger partial charge in [-0.3, -0.25) is 4.79 Å². The molecule has 0 spiro atoms. The quantitative estimate of drug-likeness (QED) is 0.740. The Balaban J connectivity index is 1.38. The second-order valence-electron chi connectivity index (χ2n) is 7.03. The molecule has 27 heavy (non-hydrogen) atoms. The van der Waals surface area contributed by atoms with E-state index in [0.29, 0.717) is 18.7 Å². The van der Waals surface area contributed by atoms with E-state index in [2.05, 4.69) is 14.9 Å². The smallest absolute Gasteiger partial charge is 0.257 e. The molecule has 6 nitrogen and oxygen atoms in total. The number of carbonyl (C=O) groups is 1. The second kappa shape index (κ2) is 6.49. The average molecular weight is 380 g/mol. The molecule has 1 saturated heterocycles. The highest BCUT2D eigenvalue weighted by molar-refractivity contribution is 7.19. The van der Waals surface area contributed by atoms with Crippen LogP contribution in [0.4, 0.5) is 5.82 Å². The van der Waals surface area contributed by atoms with Crippen molar-refractivity contribution in [3.05, 3.63) is 46.6 Å². The summed E-state index contributed by atoms with van der Waals surface area (Å²) in [5.74, 6) is 0.933. The van der Waals surface area contributed by atoms with Crippen molar-refractivity contribution in [2.24, 2.45) is 0 Å². The lowest BCUT2D eigenvalue weighted by Crippen LogP contribution is -2.49. The Morgan fingerprint density at radius 2 is 1.89 bits per heavy atom. The number of piperazine rings is 1. The van der Waals surface area contributed by atoms with Crippen molar-refractivity contribution in [3.8, 4) is 5.75 Å². The standard InChI is InChI=1S/C20H20N4O2S/c25-15-6-2-1-4-13(15)20(26)24-10-8-23(9-11-24)18-17-14-5-3-7-16(14)27-19(17)22-12-21-18/h1-2,4,6,12,25H,3,5,7-11H2. The summed E-state index contributed by atoms with van der Waals surface area (Å²) in [4.78, 5) is 28.4. The number of phenolic OH excluding ortho intramolecular Hbond substituents is 1. The molecule has 1 amide bonds. The summed E-state index contributed by atoms with van der Waals surface area (Å²) in [6.07, 6.45) is 5.14. The molecule has 1 aliphatic heterocycles. The van der Waals surface area contributed by atoms with Gasteiger partial charge in [-0.25, -0.2) is 9.97 Å². The minimum atomic E-state index is -0.114. The van der Waals surface area contributed by atoms with Crippen molar-refractivity contribution >= 4 is 33.3 Å². The minimum Gasteiger partial charge on any atom is -0.507 e. The molecule has 3 aromatic rings. The normalized spacial score (nSPS) is 16.7. The molecule has 0 atom stereocenters. The Kier molecular flexibility index (Phi) is 3.97. The molecule has 2 aliphatic rings. The van der Waals surface area contributed by atoms with E-state index in [4.69, 9.17) is 0 Å². The van der Waals surface area contributed by atoms with Crippen molar-refractivity contribution in [1.82, 2.24) is 14.9 Å².